The summed E-state index contributed by atoms with van der Waals surface area (Å²) in [6.07, 6.45) is 5.51. The first-order valence-electron chi connectivity index (χ1n) is 6.86. The minimum Gasteiger partial charge on any atom is -0.385 e. The first kappa shape index (κ1) is 13.5. The Morgan fingerprint density at radius 3 is 2.67 bits per heavy atom. The van der Waals surface area contributed by atoms with E-state index >= 15 is 0 Å². The van der Waals surface area contributed by atoms with Crippen LogP contribution in [0.3, 0.4) is 0 Å². The Balaban J connectivity index is 2.03. The van der Waals surface area contributed by atoms with Gasteiger partial charge < -0.3 is 15.0 Å². The molecule has 2 rings (SSSR count). The van der Waals surface area contributed by atoms with Crippen LogP contribution in [-0.2, 0) is 11.3 Å². The van der Waals surface area contributed by atoms with Crippen molar-refractivity contribution in [3.8, 4) is 0 Å². The molecule has 1 aliphatic carbocycles. The molecule has 1 fully saturated rings. The normalized spacial score (nSPS) is 24.4. The molecule has 0 aromatic carbocycles. The van der Waals surface area contributed by atoms with Gasteiger partial charge in [0.15, 0.2) is 0 Å². The molecule has 0 bridgehead atoms. The first-order valence-corrected chi connectivity index (χ1v) is 6.86. The lowest BCUT2D eigenvalue weighted by atomic mass is 9.86. The SMILES string of the molecule is COCCCn1c(C)nnc1C1CCC(N)CC1. The van der Waals surface area contributed by atoms with Crippen molar-refractivity contribution in [1.29, 1.82) is 0 Å². The molecule has 0 atom stereocenters. The molecule has 1 heterocycles. The van der Waals surface area contributed by atoms with E-state index in [0.29, 0.717) is 12.0 Å². The summed E-state index contributed by atoms with van der Waals surface area (Å²) in [5.74, 6) is 2.69. The summed E-state index contributed by atoms with van der Waals surface area (Å²) in [6.45, 7) is 3.76. The number of nitrogens with two attached hydrogens (primary N) is 1. The quantitative estimate of drug-likeness (QED) is 0.808. The zero-order valence-electron chi connectivity index (χ0n) is 11.4. The van der Waals surface area contributed by atoms with Crippen molar-refractivity contribution in [2.45, 2.75) is 57.5 Å². The van der Waals surface area contributed by atoms with Crippen LogP contribution >= 0.6 is 0 Å². The third-order valence-electron chi connectivity index (χ3n) is 3.83. The van der Waals surface area contributed by atoms with E-state index in [1.807, 2.05) is 6.92 Å². The van der Waals surface area contributed by atoms with E-state index < -0.39 is 0 Å². The highest BCUT2D eigenvalue weighted by Gasteiger charge is 2.24. The van der Waals surface area contributed by atoms with Gasteiger partial charge in [-0.3, -0.25) is 0 Å². The zero-order chi connectivity index (χ0) is 13.0. The minimum absolute atomic E-state index is 0.382. The summed E-state index contributed by atoms with van der Waals surface area (Å²) in [7, 11) is 1.74. The Morgan fingerprint density at radius 1 is 1.28 bits per heavy atom. The number of nitrogens with zero attached hydrogens (tertiary/aromatic N) is 3. The molecule has 0 aliphatic heterocycles. The number of methoxy groups -OCH3 is 1. The maximum atomic E-state index is 5.96. The van der Waals surface area contributed by atoms with E-state index in [-0.39, 0.29) is 0 Å². The summed E-state index contributed by atoms with van der Waals surface area (Å²) in [4.78, 5) is 0. The number of ether oxygens (including phenoxy) is 1. The molecule has 5 heteroatoms. The van der Waals surface area contributed by atoms with E-state index in [2.05, 4.69) is 14.8 Å². The van der Waals surface area contributed by atoms with Gasteiger partial charge in [0.05, 0.1) is 0 Å². The molecule has 0 amide bonds. The van der Waals surface area contributed by atoms with Gasteiger partial charge in [-0.2, -0.15) is 0 Å². The van der Waals surface area contributed by atoms with Gasteiger partial charge in [-0.1, -0.05) is 0 Å². The Kier molecular flexibility index (Phi) is 4.72. The Labute approximate surface area is 109 Å². The Morgan fingerprint density at radius 2 is 2.00 bits per heavy atom. The smallest absolute Gasteiger partial charge is 0.136 e. The molecule has 102 valence electrons. The van der Waals surface area contributed by atoms with Crippen molar-refractivity contribution < 1.29 is 4.74 Å². The topological polar surface area (TPSA) is 66.0 Å². The zero-order valence-corrected chi connectivity index (χ0v) is 11.4. The van der Waals surface area contributed by atoms with Crippen LogP contribution in [0.1, 0.15) is 49.7 Å². The van der Waals surface area contributed by atoms with Crippen molar-refractivity contribution in [2.24, 2.45) is 5.73 Å². The summed E-state index contributed by atoms with van der Waals surface area (Å²) >= 11 is 0. The third-order valence-corrected chi connectivity index (χ3v) is 3.83. The van der Waals surface area contributed by atoms with Gasteiger partial charge in [-0.25, -0.2) is 0 Å². The molecule has 1 aliphatic rings. The van der Waals surface area contributed by atoms with E-state index in [4.69, 9.17) is 10.5 Å². The molecule has 0 radical (unpaired) electrons. The molecule has 1 saturated carbocycles. The fraction of sp³-hybridized carbons (Fsp3) is 0.846. The summed E-state index contributed by atoms with van der Waals surface area (Å²) in [6, 6.07) is 0.382. The molecule has 1 aromatic heterocycles. The lowest BCUT2D eigenvalue weighted by molar-refractivity contribution is 0.189. The van der Waals surface area contributed by atoms with Crippen molar-refractivity contribution >= 4 is 0 Å². The van der Waals surface area contributed by atoms with Gasteiger partial charge in [-0.05, 0) is 39.0 Å². The number of rotatable bonds is 5. The van der Waals surface area contributed by atoms with Crippen LogP contribution in [0.4, 0.5) is 0 Å². The van der Waals surface area contributed by atoms with Crippen molar-refractivity contribution in [2.75, 3.05) is 13.7 Å². The number of aryl methyl sites for hydroxylation is 1. The number of hydrogen-bond donors (Lipinski definition) is 1. The van der Waals surface area contributed by atoms with Gasteiger partial charge in [0.2, 0.25) is 0 Å². The molecule has 18 heavy (non-hydrogen) atoms. The van der Waals surface area contributed by atoms with E-state index in [0.717, 1.165) is 56.9 Å². The summed E-state index contributed by atoms with van der Waals surface area (Å²) in [5.41, 5.74) is 5.96. The molecular formula is C13H24N4O. The minimum atomic E-state index is 0.382. The highest BCUT2D eigenvalue weighted by Crippen LogP contribution is 2.31. The largest absolute Gasteiger partial charge is 0.385 e. The molecule has 2 N–H and O–H groups in total. The number of aromatic nitrogens is 3. The molecular weight excluding hydrogens is 228 g/mol. The van der Waals surface area contributed by atoms with Crippen LogP contribution in [0.25, 0.3) is 0 Å². The second-order valence-electron chi connectivity index (χ2n) is 5.22. The third kappa shape index (κ3) is 3.09. The van der Waals surface area contributed by atoms with Gasteiger partial charge in [0, 0.05) is 32.2 Å². The van der Waals surface area contributed by atoms with Gasteiger partial charge in [0.1, 0.15) is 11.6 Å². The predicted molar refractivity (Wildman–Crippen MR) is 70.4 cm³/mol. The van der Waals surface area contributed by atoms with E-state index in [1.54, 1.807) is 7.11 Å². The van der Waals surface area contributed by atoms with Gasteiger partial charge >= 0.3 is 0 Å². The van der Waals surface area contributed by atoms with Crippen LogP contribution < -0.4 is 5.73 Å². The monoisotopic (exact) mass is 252 g/mol. The summed E-state index contributed by atoms with van der Waals surface area (Å²) < 4.78 is 7.36. The van der Waals surface area contributed by atoms with Crippen LogP contribution in [0.5, 0.6) is 0 Å². The van der Waals surface area contributed by atoms with Gasteiger partial charge in [-0.15, -0.1) is 10.2 Å². The summed E-state index contributed by atoms with van der Waals surface area (Å²) in [5, 5.41) is 8.60. The lowest BCUT2D eigenvalue weighted by Crippen LogP contribution is -2.27. The maximum Gasteiger partial charge on any atom is 0.136 e. The average molecular weight is 252 g/mol. The highest BCUT2D eigenvalue weighted by atomic mass is 16.5. The fourth-order valence-electron chi connectivity index (χ4n) is 2.72. The molecule has 5 nitrogen and oxygen atoms in total. The number of hydrogen-bond acceptors (Lipinski definition) is 4. The molecule has 1 aromatic rings. The fourth-order valence-corrected chi connectivity index (χ4v) is 2.72. The van der Waals surface area contributed by atoms with Crippen LogP contribution in [0, 0.1) is 6.92 Å². The highest BCUT2D eigenvalue weighted by molar-refractivity contribution is 5.03. The second kappa shape index (κ2) is 6.29. The molecule has 0 unspecified atom stereocenters. The van der Waals surface area contributed by atoms with Crippen molar-refractivity contribution in [3.63, 3.8) is 0 Å². The lowest BCUT2D eigenvalue weighted by Gasteiger charge is -2.25. The van der Waals surface area contributed by atoms with Crippen molar-refractivity contribution in [1.82, 2.24) is 14.8 Å². The van der Waals surface area contributed by atoms with Gasteiger partial charge in [0.25, 0.3) is 0 Å². The maximum absolute atomic E-state index is 5.96. The average Bonchev–Trinajstić information content (AvgIpc) is 2.73. The van der Waals surface area contributed by atoms with Crippen LogP contribution in [0.2, 0.25) is 0 Å². The molecule has 0 spiro atoms. The first-order chi connectivity index (χ1) is 8.72. The Hall–Kier alpha value is -0.940. The second-order valence-corrected chi connectivity index (χ2v) is 5.22. The standard InChI is InChI=1S/C13H24N4O/c1-10-15-16-13(17(10)8-3-9-18-2)11-4-6-12(14)7-5-11/h11-12H,3-9,14H2,1-2H3. The van der Waals surface area contributed by atoms with Crippen molar-refractivity contribution in [3.05, 3.63) is 11.6 Å². The Bertz CT molecular complexity index is 369. The van der Waals surface area contributed by atoms with Crippen LogP contribution in [-0.4, -0.2) is 34.5 Å². The van der Waals surface area contributed by atoms with E-state index in [1.165, 1.54) is 0 Å². The van der Waals surface area contributed by atoms with E-state index in [9.17, 15) is 0 Å². The van der Waals surface area contributed by atoms with Crippen LogP contribution in [0.15, 0.2) is 0 Å². The predicted octanol–water partition coefficient (Wildman–Crippen LogP) is 1.61. The molecule has 0 saturated heterocycles.